The highest BCUT2D eigenvalue weighted by atomic mass is 35.5. The third-order valence-electron chi connectivity index (χ3n) is 3.98. The molecule has 1 heterocycles. The smallest absolute Gasteiger partial charge is 0.416 e. The van der Waals surface area contributed by atoms with Crippen molar-refractivity contribution in [2.75, 3.05) is 13.1 Å². The minimum atomic E-state index is -4.59. The number of nitrogens with zero attached hydrogens (tertiary/aromatic N) is 1. The van der Waals surface area contributed by atoms with Crippen molar-refractivity contribution >= 4 is 23.5 Å². The molecule has 0 bridgehead atoms. The number of carboxylic acid groups (broad SMARTS) is 1. The van der Waals surface area contributed by atoms with Crippen molar-refractivity contribution < 1.29 is 27.9 Å². The van der Waals surface area contributed by atoms with Crippen LogP contribution in [-0.4, -0.2) is 35.0 Å². The van der Waals surface area contributed by atoms with E-state index in [0.29, 0.717) is 0 Å². The van der Waals surface area contributed by atoms with Gasteiger partial charge in [-0.1, -0.05) is 18.5 Å². The Kier molecular flexibility index (Phi) is 4.89. The third kappa shape index (κ3) is 3.96. The molecule has 0 saturated carbocycles. The van der Waals surface area contributed by atoms with Crippen molar-refractivity contribution in [2.24, 2.45) is 11.8 Å². The highest BCUT2D eigenvalue weighted by molar-refractivity contribution is 6.31. The maximum absolute atomic E-state index is 12.8. The number of hydrogen-bond donors (Lipinski definition) is 1. The molecule has 1 aliphatic heterocycles. The van der Waals surface area contributed by atoms with Crippen molar-refractivity contribution in [3.8, 4) is 0 Å². The molecule has 1 fully saturated rings. The van der Waals surface area contributed by atoms with E-state index in [0.717, 1.165) is 12.1 Å². The van der Waals surface area contributed by atoms with Crippen LogP contribution in [-0.2, 0) is 11.0 Å². The average Bonchev–Trinajstić information content (AvgIpc) is 2.44. The van der Waals surface area contributed by atoms with Crippen LogP contribution in [0.2, 0.25) is 5.02 Å². The fraction of sp³-hybridized carbons (Fsp3) is 0.467. The number of rotatable bonds is 2. The Hall–Kier alpha value is -1.76. The van der Waals surface area contributed by atoms with E-state index >= 15 is 0 Å². The molecule has 2 unspecified atom stereocenters. The molecule has 23 heavy (non-hydrogen) atoms. The number of aliphatic carboxylic acids is 1. The summed E-state index contributed by atoms with van der Waals surface area (Å²) in [5.41, 5.74) is -1.13. The molecule has 126 valence electrons. The van der Waals surface area contributed by atoms with Crippen LogP contribution in [0.15, 0.2) is 18.2 Å². The summed E-state index contributed by atoms with van der Waals surface area (Å²) < 4.78 is 38.4. The average molecular weight is 350 g/mol. The van der Waals surface area contributed by atoms with E-state index in [9.17, 15) is 22.8 Å². The first-order valence-corrected chi connectivity index (χ1v) is 7.37. The van der Waals surface area contributed by atoms with Crippen LogP contribution in [0.1, 0.15) is 29.3 Å². The van der Waals surface area contributed by atoms with Crippen LogP contribution < -0.4 is 0 Å². The number of carbonyl (C=O) groups is 2. The number of alkyl halides is 3. The van der Waals surface area contributed by atoms with Crippen LogP contribution in [0, 0.1) is 11.8 Å². The van der Waals surface area contributed by atoms with E-state index in [1.54, 1.807) is 6.92 Å². The van der Waals surface area contributed by atoms with Crippen LogP contribution >= 0.6 is 11.6 Å². The second-order valence-corrected chi connectivity index (χ2v) is 6.12. The minimum absolute atomic E-state index is 0.147. The maximum atomic E-state index is 12.8. The van der Waals surface area contributed by atoms with Gasteiger partial charge in [-0.05, 0) is 30.5 Å². The second kappa shape index (κ2) is 6.39. The van der Waals surface area contributed by atoms with Crippen molar-refractivity contribution in [1.82, 2.24) is 4.90 Å². The number of halogens is 4. The van der Waals surface area contributed by atoms with Gasteiger partial charge in [-0.2, -0.15) is 13.2 Å². The molecule has 0 spiro atoms. The lowest BCUT2D eigenvalue weighted by Crippen LogP contribution is -2.45. The van der Waals surface area contributed by atoms with Crippen LogP contribution in [0.3, 0.4) is 0 Å². The number of carbonyl (C=O) groups excluding carboxylic acids is 1. The Morgan fingerprint density at radius 2 is 1.96 bits per heavy atom. The highest BCUT2D eigenvalue weighted by Crippen LogP contribution is 2.33. The van der Waals surface area contributed by atoms with Gasteiger partial charge in [0.1, 0.15) is 0 Å². The topological polar surface area (TPSA) is 57.6 Å². The summed E-state index contributed by atoms with van der Waals surface area (Å²) in [7, 11) is 0. The Balaban J connectivity index is 2.22. The fourth-order valence-corrected chi connectivity index (χ4v) is 2.99. The van der Waals surface area contributed by atoms with E-state index in [1.807, 2.05) is 0 Å². The van der Waals surface area contributed by atoms with E-state index in [2.05, 4.69) is 0 Å². The number of benzene rings is 1. The summed E-state index contributed by atoms with van der Waals surface area (Å²) in [6.45, 7) is 2.08. The van der Waals surface area contributed by atoms with Crippen molar-refractivity contribution in [1.29, 1.82) is 0 Å². The SMILES string of the molecule is CC1CN(C(=O)c2cc(Cl)cc(C(F)(F)F)c2)CCC1C(=O)O. The van der Waals surface area contributed by atoms with Gasteiger partial charge < -0.3 is 10.0 Å². The summed E-state index contributed by atoms with van der Waals surface area (Å²) in [5.74, 6) is -2.32. The fourth-order valence-electron chi connectivity index (χ4n) is 2.76. The van der Waals surface area contributed by atoms with E-state index in [-0.39, 0.29) is 36.0 Å². The predicted octanol–water partition coefficient (Wildman–Crippen LogP) is 3.54. The summed E-state index contributed by atoms with van der Waals surface area (Å²) in [6, 6.07) is 2.72. The minimum Gasteiger partial charge on any atom is -0.481 e. The molecule has 8 heteroatoms. The second-order valence-electron chi connectivity index (χ2n) is 5.69. The molecule has 1 saturated heterocycles. The lowest BCUT2D eigenvalue weighted by Gasteiger charge is -2.35. The molecule has 2 atom stereocenters. The zero-order valence-corrected chi connectivity index (χ0v) is 13.0. The molecule has 1 aliphatic rings. The Labute approximate surface area is 135 Å². The van der Waals surface area contributed by atoms with Gasteiger partial charge in [0, 0.05) is 23.7 Å². The van der Waals surface area contributed by atoms with Gasteiger partial charge in [0.2, 0.25) is 0 Å². The summed E-state index contributed by atoms with van der Waals surface area (Å²) in [5, 5.41) is 8.90. The van der Waals surface area contributed by atoms with Gasteiger partial charge in [0.05, 0.1) is 11.5 Å². The lowest BCUT2D eigenvalue weighted by molar-refractivity contribution is -0.145. The Morgan fingerprint density at radius 1 is 1.30 bits per heavy atom. The quantitative estimate of drug-likeness (QED) is 0.888. The van der Waals surface area contributed by atoms with E-state index < -0.39 is 29.5 Å². The molecular formula is C15H15ClF3NO3. The molecule has 1 aromatic carbocycles. The highest BCUT2D eigenvalue weighted by Gasteiger charge is 2.35. The molecule has 0 radical (unpaired) electrons. The van der Waals surface area contributed by atoms with Crippen molar-refractivity contribution in [3.05, 3.63) is 34.3 Å². The summed E-state index contributed by atoms with van der Waals surface area (Å²) in [6.07, 6.45) is -4.32. The van der Waals surface area contributed by atoms with Gasteiger partial charge in [0.15, 0.2) is 0 Å². The summed E-state index contributed by atoms with van der Waals surface area (Å²) >= 11 is 5.68. The maximum Gasteiger partial charge on any atom is 0.416 e. The van der Waals surface area contributed by atoms with Crippen LogP contribution in [0.5, 0.6) is 0 Å². The Morgan fingerprint density at radius 3 is 2.48 bits per heavy atom. The number of carboxylic acids is 1. The zero-order chi connectivity index (χ0) is 17.4. The number of likely N-dealkylation sites (tertiary alicyclic amines) is 1. The first-order chi connectivity index (χ1) is 10.6. The molecular weight excluding hydrogens is 335 g/mol. The lowest BCUT2D eigenvalue weighted by atomic mass is 9.87. The molecule has 1 amide bonds. The van der Waals surface area contributed by atoms with Crippen LogP contribution in [0.25, 0.3) is 0 Å². The van der Waals surface area contributed by atoms with E-state index in [1.165, 1.54) is 11.0 Å². The van der Waals surface area contributed by atoms with Crippen molar-refractivity contribution in [2.45, 2.75) is 19.5 Å². The number of amides is 1. The van der Waals surface area contributed by atoms with Gasteiger partial charge in [-0.3, -0.25) is 9.59 Å². The standard InChI is InChI=1S/C15H15ClF3NO3/c1-8-7-20(3-2-12(8)14(22)23)13(21)9-4-10(15(17,18)19)6-11(16)5-9/h4-6,8,12H,2-3,7H2,1H3,(H,22,23). The van der Waals surface area contributed by atoms with Crippen LogP contribution in [0.4, 0.5) is 13.2 Å². The summed E-state index contributed by atoms with van der Waals surface area (Å²) in [4.78, 5) is 24.8. The normalized spacial score (nSPS) is 22.0. The Bertz CT molecular complexity index is 633. The predicted molar refractivity (Wildman–Crippen MR) is 77.3 cm³/mol. The molecule has 0 aromatic heterocycles. The molecule has 0 aliphatic carbocycles. The molecule has 2 rings (SSSR count). The van der Waals surface area contributed by atoms with Gasteiger partial charge in [-0.15, -0.1) is 0 Å². The third-order valence-corrected chi connectivity index (χ3v) is 4.20. The van der Waals surface area contributed by atoms with Gasteiger partial charge in [0.25, 0.3) is 5.91 Å². The van der Waals surface area contributed by atoms with Gasteiger partial charge >= 0.3 is 12.1 Å². The number of piperidine rings is 1. The van der Waals surface area contributed by atoms with E-state index in [4.69, 9.17) is 16.7 Å². The zero-order valence-electron chi connectivity index (χ0n) is 12.2. The molecule has 4 nitrogen and oxygen atoms in total. The van der Waals surface area contributed by atoms with Gasteiger partial charge in [-0.25, -0.2) is 0 Å². The largest absolute Gasteiger partial charge is 0.481 e. The first-order valence-electron chi connectivity index (χ1n) is 6.99. The molecule has 1 aromatic rings. The van der Waals surface area contributed by atoms with Crippen molar-refractivity contribution in [3.63, 3.8) is 0 Å². The first kappa shape index (κ1) is 17.6. The number of hydrogen-bond acceptors (Lipinski definition) is 2. The monoisotopic (exact) mass is 349 g/mol. The molecule has 1 N–H and O–H groups in total.